The van der Waals surface area contributed by atoms with E-state index in [2.05, 4.69) is 15.5 Å². The maximum atomic E-state index is 13.3. The highest BCUT2D eigenvalue weighted by Gasteiger charge is 2.30. The van der Waals surface area contributed by atoms with Crippen molar-refractivity contribution in [2.45, 2.75) is 37.6 Å². The SMILES string of the molecule is O=C(Nc1cccc(F)c1)NC1CCN(CCC(Oc2ccc(C(F)(F)F)cc2)c2ccccc2)CC1. The summed E-state index contributed by atoms with van der Waals surface area (Å²) in [6.45, 7) is 2.31. The number of urea groups is 1. The van der Waals surface area contributed by atoms with Gasteiger partial charge in [-0.05, 0) is 60.9 Å². The fraction of sp³-hybridized carbons (Fsp3) is 0.321. The molecule has 9 heteroatoms. The van der Waals surface area contributed by atoms with Crippen LogP contribution in [0.3, 0.4) is 0 Å². The molecule has 1 saturated heterocycles. The maximum absolute atomic E-state index is 13.3. The first-order chi connectivity index (χ1) is 17.8. The first-order valence-electron chi connectivity index (χ1n) is 12.2. The Kier molecular flexibility index (Phi) is 8.66. The van der Waals surface area contributed by atoms with E-state index >= 15 is 0 Å². The lowest BCUT2D eigenvalue weighted by Crippen LogP contribution is -2.46. The van der Waals surface area contributed by atoms with E-state index < -0.39 is 17.6 Å². The maximum Gasteiger partial charge on any atom is 0.416 e. The average Bonchev–Trinajstić information content (AvgIpc) is 2.87. The highest BCUT2D eigenvalue weighted by molar-refractivity contribution is 5.89. The number of hydrogen-bond acceptors (Lipinski definition) is 3. The molecule has 2 N–H and O–H groups in total. The van der Waals surface area contributed by atoms with E-state index in [0.29, 0.717) is 17.9 Å². The van der Waals surface area contributed by atoms with E-state index in [1.807, 2.05) is 30.3 Å². The number of nitrogens with zero attached hydrogens (tertiary/aromatic N) is 1. The molecule has 0 radical (unpaired) electrons. The second kappa shape index (κ2) is 12.1. The predicted molar refractivity (Wildman–Crippen MR) is 134 cm³/mol. The van der Waals surface area contributed by atoms with Gasteiger partial charge in [0.25, 0.3) is 0 Å². The molecule has 3 aromatic carbocycles. The lowest BCUT2D eigenvalue weighted by atomic mass is 10.0. The third kappa shape index (κ3) is 7.95. The molecule has 0 aliphatic carbocycles. The van der Waals surface area contributed by atoms with Crippen molar-refractivity contribution in [1.29, 1.82) is 0 Å². The second-order valence-electron chi connectivity index (χ2n) is 9.05. The van der Waals surface area contributed by atoms with Gasteiger partial charge >= 0.3 is 12.2 Å². The van der Waals surface area contributed by atoms with Gasteiger partial charge in [0.05, 0.1) is 5.56 Å². The number of alkyl halides is 3. The van der Waals surface area contributed by atoms with Crippen LogP contribution in [0.25, 0.3) is 0 Å². The number of amides is 2. The number of likely N-dealkylation sites (tertiary alicyclic amines) is 1. The van der Waals surface area contributed by atoms with Crippen molar-refractivity contribution in [2.24, 2.45) is 0 Å². The lowest BCUT2D eigenvalue weighted by Gasteiger charge is -2.33. The quantitative estimate of drug-likeness (QED) is 0.331. The van der Waals surface area contributed by atoms with Crippen molar-refractivity contribution in [3.63, 3.8) is 0 Å². The molecule has 1 aliphatic heterocycles. The predicted octanol–water partition coefficient (Wildman–Crippen LogP) is 6.64. The second-order valence-corrected chi connectivity index (χ2v) is 9.05. The van der Waals surface area contributed by atoms with Crippen molar-refractivity contribution >= 4 is 11.7 Å². The summed E-state index contributed by atoms with van der Waals surface area (Å²) >= 11 is 0. The Balaban J connectivity index is 1.28. The summed E-state index contributed by atoms with van der Waals surface area (Å²) in [6, 6.07) is 19.8. The van der Waals surface area contributed by atoms with E-state index in [0.717, 1.165) is 50.2 Å². The Morgan fingerprint density at radius 3 is 2.32 bits per heavy atom. The molecule has 37 heavy (non-hydrogen) atoms. The number of benzene rings is 3. The van der Waals surface area contributed by atoms with Crippen LogP contribution in [-0.2, 0) is 6.18 Å². The zero-order valence-electron chi connectivity index (χ0n) is 20.2. The van der Waals surface area contributed by atoms with E-state index in [1.54, 1.807) is 6.07 Å². The van der Waals surface area contributed by atoms with Gasteiger partial charge in [0.15, 0.2) is 0 Å². The van der Waals surface area contributed by atoms with Crippen LogP contribution in [0, 0.1) is 5.82 Å². The van der Waals surface area contributed by atoms with Crippen LogP contribution in [0.1, 0.15) is 36.5 Å². The molecule has 0 aromatic heterocycles. The summed E-state index contributed by atoms with van der Waals surface area (Å²) in [4.78, 5) is 14.5. The summed E-state index contributed by atoms with van der Waals surface area (Å²) in [5.41, 5.74) is 0.639. The third-order valence-electron chi connectivity index (χ3n) is 6.34. The van der Waals surface area contributed by atoms with Crippen molar-refractivity contribution in [2.75, 3.05) is 25.0 Å². The first kappa shape index (κ1) is 26.5. The van der Waals surface area contributed by atoms with Gasteiger partial charge in [-0.3, -0.25) is 0 Å². The van der Waals surface area contributed by atoms with E-state index in [4.69, 9.17) is 4.74 Å². The fourth-order valence-electron chi connectivity index (χ4n) is 4.37. The van der Waals surface area contributed by atoms with Gasteiger partial charge in [-0.1, -0.05) is 36.4 Å². The molecule has 1 unspecified atom stereocenters. The van der Waals surface area contributed by atoms with Crippen LogP contribution in [0.15, 0.2) is 78.9 Å². The largest absolute Gasteiger partial charge is 0.486 e. The molecule has 1 atom stereocenters. The van der Waals surface area contributed by atoms with Crippen LogP contribution in [-0.4, -0.2) is 36.6 Å². The molecule has 5 nitrogen and oxygen atoms in total. The van der Waals surface area contributed by atoms with Crippen LogP contribution in [0.5, 0.6) is 5.75 Å². The Hall–Kier alpha value is -3.59. The summed E-state index contributed by atoms with van der Waals surface area (Å²) in [7, 11) is 0. The molecule has 2 amide bonds. The minimum atomic E-state index is -4.39. The minimum Gasteiger partial charge on any atom is -0.486 e. The van der Waals surface area contributed by atoms with Crippen molar-refractivity contribution < 1.29 is 27.1 Å². The van der Waals surface area contributed by atoms with Crippen LogP contribution in [0.2, 0.25) is 0 Å². The van der Waals surface area contributed by atoms with Gasteiger partial charge in [0.2, 0.25) is 0 Å². The monoisotopic (exact) mass is 515 g/mol. The van der Waals surface area contributed by atoms with Gasteiger partial charge in [0.1, 0.15) is 17.7 Å². The summed E-state index contributed by atoms with van der Waals surface area (Å²) in [6.07, 6.45) is -2.51. The number of ether oxygens (including phenoxy) is 1. The molecular weight excluding hydrogens is 486 g/mol. The van der Waals surface area contributed by atoms with Gasteiger partial charge in [-0.15, -0.1) is 0 Å². The fourth-order valence-corrected chi connectivity index (χ4v) is 4.37. The summed E-state index contributed by atoms with van der Waals surface area (Å²) in [5.74, 6) is -0.0312. The number of hydrogen-bond donors (Lipinski definition) is 2. The standard InChI is InChI=1S/C28H29F4N3O2/c29-22-7-4-8-24(19-22)34-27(36)33-23-13-16-35(17-14-23)18-15-26(20-5-2-1-3-6-20)37-25-11-9-21(10-12-25)28(30,31)32/h1-12,19,23,26H,13-18H2,(H2,33,34,36). The first-order valence-corrected chi connectivity index (χ1v) is 12.2. The van der Waals surface area contributed by atoms with Gasteiger partial charge < -0.3 is 20.3 Å². The molecule has 0 saturated carbocycles. The van der Waals surface area contributed by atoms with Crippen molar-refractivity contribution in [3.8, 4) is 5.75 Å². The molecular formula is C28H29F4N3O2. The molecule has 1 fully saturated rings. The number of carbonyl (C=O) groups excluding carboxylic acids is 1. The Bertz CT molecular complexity index is 1150. The highest BCUT2D eigenvalue weighted by atomic mass is 19.4. The normalized spacial score (nSPS) is 15.7. The zero-order valence-corrected chi connectivity index (χ0v) is 20.2. The van der Waals surface area contributed by atoms with E-state index in [1.165, 1.54) is 30.3 Å². The van der Waals surface area contributed by atoms with Crippen LogP contribution >= 0.6 is 0 Å². The van der Waals surface area contributed by atoms with Gasteiger partial charge in [-0.2, -0.15) is 13.2 Å². The van der Waals surface area contributed by atoms with E-state index in [9.17, 15) is 22.4 Å². The number of nitrogens with one attached hydrogen (secondary N) is 2. The zero-order chi connectivity index (χ0) is 26.3. The van der Waals surface area contributed by atoms with Crippen molar-refractivity contribution in [1.82, 2.24) is 10.2 Å². The van der Waals surface area contributed by atoms with Crippen LogP contribution in [0.4, 0.5) is 28.0 Å². The Labute approximate surface area is 213 Å². The minimum absolute atomic E-state index is 0.0122. The van der Waals surface area contributed by atoms with E-state index in [-0.39, 0.29) is 18.2 Å². The summed E-state index contributed by atoms with van der Waals surface area (Å²) < 4.78 is 58.1. The topological polar surface area (TPSA) is 53.6 Å². The van der Waals surface area contributed by atoms with Gasteiger partial charge in [-0.25, -0.2) is 9.18 Å². The number of carbonyl (C=O) groups is 1. The highest BCUT2D eigenvalue weighted by Crippen LogP contribution is 2.32. The third-order valence-corrected chi connectivity index (χ3v) is 6.34. The Morgan fingerprint density at radius 1 is 0.973 bits per heavy atom. The molecule has 1 aliphatic rings. The molecule has 1 heterocycles. The molecule has 4 rings (SSSR count). The van der Waals surface area contributed by atoms with Gasteiger partial charge in [0, 0.05) is 37.8 Å². The number of rotatable bonds is 8. The molecule has 196 valence electrons. The number of piperidine rings is 1. The summed E-state index contributed by atoms with van der Waals surface area (Å²) in [5, 5.41) is 5.59. The average molecular weight is 516 g/mol. The molecule has 3 aromatic rings. The smallest absolute Gasteiger partial charge is 0.416 e. The van der Waals surface area contributed by atoms with Crippen LogP contribution < -0.4 is 15.4 Å². The lowest BCUT2D eigenvalue weighted by molar-refractivity contribution is -0.137. The number of halogens is 4. The number of anilines is 1. The molecule has 0 spiro atoms. The molecule has 0 bridgehead atoms. The van der Waals surface area contributed by atoms with Crippen molar-refractivity contribution in [3.05, 3.63) is 95.8 Å². The Morgan fingerprint density at radius 2 is 1.68 bits per heavy atom.